The Morgan fingerprint density at radius 1 is 0.256 bits per heavy atom. The summed E-state index contributed by atoms with van der Waals surface area (Å²) in [5.74, 6) is -0.832. The van der Waals surface area contributed by atoms with E-state index in [9.17, 15) is 14.4 Å². The first kappa shape index (κ1) is 79.4. The third kappa shape index (κ3) is 68.2. The van der Waals surface area contributed by atoms with Gasteiger partial charge in [-0.15, -0.1) is 0 Å². The third-order valence-electron chi connectivity index (χ3n) is 16.6. The number of allylic oxidation sites excluding steroid dienone is 8. The number of hydrogen-bond acceptors (Lipinski definition) is 6. The molecule has 1 atom stereocenters. The van der Waals surface area contributed by atoms with Gasteiger partial charge in [0.15, 0.2) is 6.10 Å². The lowest BCUT2D eigenvalue weighted by molar-refractivity contribution is -0.167. The van der Waals surface area contributed by atoms with Crippen LogP contribution in [0.15, 0.2) is 48.6 Å². The molecule has 0 rings (SSSR count). The standard InChI is InChI=1S/C76H140O6/c1-4-7-10-13-16-19-22-25-27-29-30-31-32-33-34-35-36-37-38-39-40-41-42-43-44-45-46-48-49-51-54-57-60-63-66-69-75(78)81-72-73(71-80-74(77)68-65-62-59-56-53-24-21-18-15-12-9-6-3)82-76(79)70-67-64-61-58-55-52-50-47-28-26-23-20-17-14-11-8-5-2/h7,10,16,19,25,27,30-31,73H,4-6,8-9,11-15,17-18,20-24,26,28-29,32-72H2,1-3H3/b10-7-,19-16-,27-25-,31-30-. The summed E-state index contributed by atoms with van der Waals surface area (Å²) < 4.78 is 17.0. The Kier molecular flexibility index (Phi) is 68.6. The lowest BCUT2D eigenvalue weighted by atomic mass is 10.0. The summed E-state index contributed by atoms with van der Waals surface area (Å²) in [6.07, 6.45) is 90.2. The Hall–Kier alpha value is -2.63. The van der Waals surface area contributed by atoms with E-state index in [4.69, 9.17) is 14.2 Å². The zero-order chi connectivity index (χ0) is 59.2. The van der Waals surface area contributed by atoms with Crippen LogP contribution in [0.4, 0.5) is 0 Å². The topological polar surface area (TPSA) is 78.9 Å². The normalized spacial score (nSPS) is 12.3. The number of unbranched alkanes of at least 4 members (excludes halogenated alkanes) is 49. The molecule has 6 nitrogen and oxygen atoms in total. The van der Waals surface area contributed by atoms with E-state index in [0.29, 0.717) is 19.3 Å². The molecule has 0 aliphatic rings. The molecule has 0 saturated heterocycles. The van der Waals surface area contributed by atoms with Crippen molar-refractivity contribution in [3.05, 3.63) is 48.6 Å². The summed E-state index contributed by atoms with van der Waals surface area (Å²) in [7, 11) is 0. The van der Waals surface area contributed by atoms with Crippen LogP contribution in [0.5, 0.6) is 0 Å². The van der Waals surface area contributed by atoms with Crippen molar-refractivity contribution in [2.75, 3.05) is 13.2 Å². The van der Waals surface area contributed by atoms with Gasteiger partial charge in [0.2, 0.25) is 0 Å². The van der Waals surface area contributed by atoms with Crippen LogP contribution in [0.25, 0.3) is 0 Å². The van der Waals surface area contributed by atoms with Gasteiger partial charge in [-0.1, -0.05) is 371 Å². The zero-order valence-corrected chi connectivity index (χ0v) is 55.3. The van der Waals surface area contributed by atoms with Gasteiger partial charge < -0.3 is 14.2 Å². The van der Waals surface area contributed by atoms with Crippen molar-refractivity contribution in [3.63, 3.8) is 0 Å². The lowest BCUT2D eigenvalue weighted by Crippen LogP contribution is -2.30. The van der Waals surface area contributed by atoms with Gasteiger partial charge in [-0.3, -0.25) is 14.4 Å². The minimum absolute atomic E-state index is 0.0640. The van der Waals surface area contributed by atoms with Gasteiger partial charge in [0, 0.05) is 19.3 Å². The number of esters is 3. The molecule has 1 unspecified atom stereocenters. The molecular weight excluding hydrogens is 1010 g/mol. The van der Waals surface area contributed by atoms with Crippen LogP contribution in [-0.4, -0.2) is 37.2 Å². The number of carbonyl (C=O) groups excluding carboxylic acids is 3. The summed E-state index contributed by atoms with van der Waals surface area (Å²) >= 11 is 0. The fraction of sp³-hybridized carbons (Fsp3) is 0.855. The first-order valence-electron chi connectivity index (χ1n) is 36.6. The van der Waals surface area contributed by atoms with E-state index in [2.05, 4.69) is 69.4 Å². The van der Waals surface area contributed by atoms with Crippen molar-refractivity contribution >= 4 is 17.9 Å². The van der Waals surface area contributed by atoms with Gasteiger partial charge in [-0.05, 0) is 57.8 Å². The molecule has 0 N–H and O–H groups in total. The van der Waals surface area contributed by atoms with Gasteiger partial charge in [-0.2, -0.15) is 0 Å². The number of carbonyl (C=O) groups is 3. The van der Waals surface area contributed by atoms with Gasteiger partial charge >= 0.3 is 17.9 Å². The van der Waals surface area contributed by atoms with Crippen molar-refractivity contribution in [1.82, 2.24) is 0 Å². The summed E-state index contributed by atoms with van der Waals surface area (Å²) in [6, 6.07) is 0. The second-order valence-corrected chi connectivity index (χ2v) is 24.8. The van der Waals surface area contributed by atoms with Crippen molar-refractivity contribution in [2.45, 2.75) is 406 Å². The van der Waals surface area contributed by atoms with E-state index < -0.39 is 6.10 Å². The van der Waals surface area contributed by atoms with Crippen molar-refractivity contribution in [3.8, 4) is 0 Å². The minimum Gasteiger partial charge on any atom is -0.462 e. The van der Waals surface area contributed by atoms with Crippen LogP contribution in [0.1, 0.15) is 400 Å². The maximum atomic E-state index is 12.9. The van der Waals surface area contributed by atoms with Crippen molar-refractivity contribution in [1.29, 1.82) is 0 Å². The van der Waals surface area contributed by atoms with Crippen LogP contribution >= 0.6 is 0 Å². The van der Waals surface area contributed by atoms with Crippen molar-refractivity contribution in [2.24, 2.45) is 0 Å². The molecular formula is C76H140O6. The Labute approximate surface area is 511 Å². The Bertz CT molecular complexity index is 1410. The summed E-state index contributed by atoms with van der Waals surface area (Å²) in [6.45, 7) is 6.60. The highest BCUT2D eigenvalue weighted by Gasteiger charge is 2.19. The summed E-state index contributed by atoms with van der Waals surface area (Å²) in [4.78, 5) is 38.4. The molecule has 0 fully saturated rings. The number of ether oxygens (including phenoxy) is 3. The predicted octanol–water partition coefficient (Wildman–Crippen LogP) is 25.3. The van der Waals surface area contributed by atoms with E-state index in [0.717, 1.165) is 83.5 Å². The molecule has 0 spiro atoms. The van der Waals surface area contributed by atoms with Gasteiger partial charge in [0.05, 0.1) is 0 Å². The second kappa shape index (κ2) is 70.9. The molecule has 0 aromatic rings. The summed E-state index contributed by atoms with van der Waals surface area (Å²) in [5.41, 5.74) is 0. The van der Waals surface area contributed by atoms with Gasteiger partial charge in [-0.25, -0.2) is 0 Å². The molecule has 0 aromatic heterocycles. The van der Waals surface area contributed by atoms with E-state index in [1.165, 1.54) is 276 Å². The Balaban J connectivity index is 4.05. The average Bonchev–Trinajstić information content (AvgIpc) is 3.47. The Morgan fingerprint density at radius 3 is 0.744 bits per heavy atom. The molecule has 0 bridgehead atoms. The quantitative estimate of drug-likeness (QED) is 0.0261. The molecule has 82 heavy (non-hydrogen) atoms. The van der Waals surface area contributed by atoms with Crippen LogP contribution in [0, 0.1) is 0 Å². The highest BCUT2D eigenvalue weighted by atomic mass is 16.6. The molecule has 6 heteroatoms. The molecule has 0 radical (unpaired) electrons. The molecule has 0 aromatic carbocycles. The van der Waals surface area contributed by atoms with E-state index >= 15 is 0 Å². The molecule has 0 aliphatic carbocycles. The van der Waals surface area contributed by atoms with Crippen LogP contribution in [0.2, 0.25) is 0 Å². The fourth-order valence-electron chi connectivity index (χ4n) is 11.1. The van der Waals surface area contributed by atoms with E-state index in [1.807, 2.05) is 0 Å². The monoisotopic (exact) mass is 1150 g/mol. The fourth-order valence-corrected chi connectivity index (χ4v) is 11.1. The minimum atomic E-state index is -0.766. The van der Waals surface area contributed by atoms with Gasteiger partial charge in [0.1, 0.15) is 13.2 Å². The highest BCUT2D eigenvalue weighted by Crippen LogP contribution is 2.19. The largest absolute Gasteiger partial charge is 0.462 e. The molecule has 0 saturated carbocycles. The first-order chi connectivity index (χ1) is 40.5. The lowest BCUT2D eigenvalue weighted by Gasteiger charge is -2.18. The van der Waals surface area contributed by atoms with Crippen LogP contribution in [0.3, 0.4) is 0 Å². The first-order valence-corrected chi connectivity index (χ1v) is 36.6. The molecule has 480 valence electrons. The maximum absolute atomic E-state index is 12.9. The third-order valence-corrected chi connectivity index (χ3v) is 16.6. The average molecular weight is 1150 g/mol. The summed E-state index contributed by atoms with van der Waals surface area (Å²) in [5, 5.41) is 0. The molecule has 0 aliphatic heterocycles. The molecule has 0 amide bonds. The second-order valence-electron chi connectivity index (χ2n) is 24.8. The SMILES string of the molecule is CC/C=C\C/C=C\C/C=C\C/C=C\CCCCCCCCCCCCCCCCCCCCCCCCC(=O)OCC(COC(=O)CCCCCCCCCCCCCC)OC(=O)CCCCCCCCCCCCCCCCCCC. The van der Waals surface area contributed by atoms with E-state index in [-0.39, 0.29) is 31.1 Å². The van der Waals surface area contributed by atoms with Gasteiger partial charge in [0.25, 0.3) is 0 Å². The van der Waals surface area contributed by atoms with Crippen molar-refractivity contribution < 1.29 is 28.6 Å². The van der Waals surface area contributed by atoms with Crippen LogP contribution < -0.4 is 0 Å². The maximum Gasteiger partial charge on any atom is 0.306 e. The highest BCUT2D eigenvalue weighted by molar-refractivity contribution is 5.71. The smallest absolute Gasteiger partial charge is 0.306 e. The predicted molar refractivity (Wildman–Crippen MR) is 358 cm³/mol. The number of hydrogen-bond donors (Lipinski definition) is 0. The molecule has 0 heterocycles. The Morgan fingerprint density at radius 2 is 0.476 bits per heavy atom. The van der Waals surface area contributed by atoms with E-state index in [1.54, 1.807) is 0 Å². The van der Waals surface area contributed by atoms with Crippen LogP contribution in [-0.2, 0) is 28.6 Å². The zero-order valence-electron chi connectivity index (χ0n) is 55.3. The number of rotatable bonds is 68.